The molecule has 0 saturated heterocycles. The van der Waals surface area contributed by atoms with Crippen molar-refractivity contribution in [3.05, 3.63) is 65.5 Å². The third-order valence-corrected chi connectivity index (χ3v) is 4.72. The molecule has 21 heavy (non-hydrogen) atoms. The molecule has 0 spiro atoms. The number of rotatable bonds is 1. The first-order valence-electron chi connectivity index (χ1n) is 7.79. The van der Waals surface area contributed by atoms with E-state index in [1.54, 1.807) is 11.1 Å². The highest BCUT2D eigenvalue weighted by Crippen LogP contribution is 2.36. The van der Waals surface area contributed by atoms with Gasteiger partial charge in [-0.25, -0.2) is 0 Å². The second kappa shape index (κ2) is 5.00. The zero-order valence-corrected chi connectivity index (χ0v) is 12.4. The van der Waals surface area contributed by atoms with Crippen LogP contribution in [0, 0.1) is 6.92 Å². The molecule has 3 aromatic rings. The van der Waals surface area contributed by atoms with E-state index in [2.05, 4.69) is 48.3 Å². The summed E-state index contributed by atoms with van der Waals surface area (Å²) >= 11 is 0. The van der Waals surface area contributed by atoms with Gasteiger partial charge in [0.1, 0.15) is 0 Å². The second-order valence-corrected chi connectivity index (χ2v) is 6.00. The fraction of sp³-hybridized carbons (Fsp3) is 0.250. The topological polar surface area (TPSA) is 12.9 Å². The van der Waals surface area contributed by atoms with Crippen LogP contribution >= 0.6 is 0 Å². The minimum Gasteiger partial charge on any atom is -0.264 e. The van der Waals surface area contributed by atoms with Gasteiger partial charge in [0.25, 0.3) is 0 Å². The summed E-state index contributed by atoms with van der Waals surface area (Å²) in [6.45, 7) is 2.16. The molecule has 0 saturated carbocycles. The molecular weight excluding hydrogens is 254 g/mol. The van der Waals surface area contributed by atoms with Crippen molar-refractivity contribution in [1.82, 2.24) is 4.98 Å². The average molecular weight is 273 g/mol. The summed E-state index contributed by atoms with van der Waals surface area (Å²) in [6, 6.07) is 13.5. The molecule has 0 N–H and O–H groups in total. The number of aryl methyl sites for hydroxylation is 2. The van der Waals surface area contributed by atoms with Gasteiger partial charge in [-0.3, -0.25) is 4.98 Å². The van der Waals surface area contributed by atoms with Crippen LogP contribution < -0.4 is 0 Å². The van der Waals surface area contributed by atoms with Gasteiger partial charge < -0.3 is 0 Å². The quantitative estimate of drug-likeness (QED) is 0.602. The Labute approximate surface area is 125 Å². The largest absolute Gasteiger partial charge is 0.264 e. The molecule has 1 heteroatoms. The molecule has 0 unspecified atom stereocenters. The van der Waals surface area contributed by atoms with Crippen LogP contribution in [0.1, 0.15) is 29.5 Å². The molecule has 1 aromatic heterocycles. The predicted octanol–water partition coefficient (Wildman–Crippen LogP) is 5.09. The summed E-state index contributed by atoms with van der Waals surface area (Å²) in [5, 5.41) is 2.59. The lowest BCUT2D eigenvalue weighted by Crippen LogP contribution is -2.04. The first kappa shape index (κ1) is 12.6. The number of benzene rings is 2. The molecule has 1 aliphatic carbocycles. The van der Waals surface area contributed by atoms with Gasteiger partial charge in [0.05, 0.1) is 0 Å². The van der Waals surface area contributed by atoms with Crippen LogP contribution in [0.15, 0.2) is 48.8 Å². The van der Waals surface area contributed by atoms with Crippen LogP contribution in [-0.2, 0) is 12.8 Å². The Kier molecular flexibility index (Phi) is 2.99. The fourth-order valence-electron chi connectivity index (χ4n) is 3.60. The molecule has 1 heterocycles. The van der Waals surface area contributed by atoms with E-state index in [1.807, 2.05) is 12.4 Å². The lowest BCUT2D eigenvalue weighted by atomic mass is 9.84. The standard InChI is InChI=1S/C20H19N/c1-14-9-10-18(19-11-12-21-13-20(14)19)17-8-4-6-15-5-2-3-7-16(15)17/h4,6,8-13H,2-3,5,7H2,1H3. The summed E-state index contributed by atoms with van der Waals surface area (Å²) < 4.78 is 0. The number of nitrogens with zero attached hydrogens (tertiary/aromatic N) is 1. The van der Waals surface area contributed by atoms with Gasteiger partial charge in [-0.15, -0.1) is 0 Å². The van der Waals surface area contributed by atoms with E-state index in [0.29, 0.717) is 0 Å². The molecule has 0 amide bonds. The zero-order valence-electron chi connectivity index (χ0n) is 12.4. The molecular formula is C20H19N. The number of pyridine rings is 1. The van der Waals surface area contributed by atoms with E-state index in [0.717, 1.165) is 0 Å². The number of hydrogen-bond acceptors (Lipinski definition) is 1. The first-order chi connectivity index (χ1) is 10.3. The highest BCUT2D eigenvalue weighted by atomic mass is 14.6. The smallest absolute Gasteiger partial charge is 0.0349 e. The van der Waals surface area contributed by atoms with Crippen molar-refractivity contribution in [2.24, 2.45) is 0 Å². The van der Waals surface area contributed by atoms with E-state index < -0.39 is 0 Å². The maximum atomic E-state index is 4.30. The Morgan fingerprint density at radius 3 is 2.71 bits per heavy atom. The van der Waals surface area contributed by atoms with Gasteiger partial charge in [-0.2, -0.15) is 0 Å². The van der Waals surface area contributed by atoms with Crippen molar-refractivity contribution in [2.45, 2.75) is 32.6 Å². The lowest BCUT2D eigenvalue weighted by molar-refractivity contribution is 0.687. The maximum Gasteiger partial charge on any atom is 0.0349 e. The first-order valence-corrected chi connectivity index (χ1v) is 7.79. The molecule has 0 fully saturated rings. The number of fused-ring (bicyclic) bond motifs is 2. The Morgan fingerprint density at radius 1 is 0.857 bits per heavy atom. The van der Waals surface area contributed by atoms with Crippen LogP contribution in [0.25, 0.3) is 21.9 Å². The van der Waals surface area contributed by atoms with E-state index in [1.165, 1.54) is 53.1 Å². The van der Waals surface area contributed by atoms with Gasteiger partial charge >= 0.3 is 0 Å². The molecule has 0 bridgehead atoms. The second-order valence-electron chi connectivity index (χ2n) is 6.00. The summed E-state index contributed by atoms with van der Waals surface area (Å²) in [6.07, 6.45) is 8.98. The van der Waals surface area contributed by atoms with E-state index >= 15 is 0 Å². The summed E-state index contributed by atoms with van der Waals surface area (Å²) in [7, 11) is 0. The Balaban J connectivity index is 2.02. The van der Waals surface area contributed by atoms with Gasteiger partial charge in [-0.05, 0) is 71.9 Å². The van der Waals surface area contributed by atoms with E-state index in [-0.39, 0.29) is 0 Å². The van der Waals surface area contributed by atoms with E-state index in [9.17, 15) is 0 Å². The molecule has 2 aromatic carbocycles. The Morgan fingerprint density at radius 2 is 1.76 bits per heavy atom. The van der Waals surface area contributed by atoms with Crippen LogP contribution in [-0.4, -0.2) is 4.98 Å². The molecule has 1 aliphatic rings. The van der Waals surface area contributed by atoms with Gasteiger partial charge in [-0.1, -0.05) is 30.3 Å². The van der Waals surface area contributed by atoms with Crippen LogP contribution in [0.5, 0.6) is 0 Å². The monoisotopic (exact) mass is 273 g/mol. The maximum absolute atomic E-state index is 4.30. The number of aromatic nitrogens is 1. The molecule has 4 rings (SSSR count). The Hall–Kier alpha value is -2.15. The van der Waals surface area contributed by atoms with Gasteiger partial charge in [0.2, 0.25) is 0 Å². The summed E-state index contributed by atoms with van der Waals surface area (Å²) in [5.74, 6) is 0. The summed E-state index contributed by atoms with van der Waals surface area (Å²) in [4.78, 5) is 4.30. The van der Waals surface area contributed by atoms with Crippen molar-refractivity contribution < 1.29 is 0 Å². The predicted molar refractivity (Wildman–Crippen MR) is 88.6 cm³/mol. The molecule has 0 atom stereocenters. The van der Waals surface area contributed by atoms with Crippen molar-refractivity contribution in [3.8, 4) is 11.1 Å². The highest BCUT2D eigenvalue weighted by Gasteiger charge is 2.15. The van der Waals surface area contributed by atoms with E-state index in [4.69, 9.17) is 0 Å². The van der Waals surface area contributed by atoms with Crippen molar-refractivity contribution >= 4 is 10.8 Å². The fourth-order valence-corrected chi connectivity index (χ4v) is 3.60. The third kappa shape index (κ3) is 2.04. The lowest BCUT2D eigenvalue weighted by Gasteiger charge is -2.20. The highest BCUT2D eigenvalue weighted by molar-refractivity contribution is 5.98. The van der Waals surface area contributed by atoms with Crippen LogP contribution in [0.4, 0.5) is 0 Å². The minimum absolute atomic E-state index is 1.21. The van der Waals surface area contributed by atoms with Gasteiger partial charge in [0.15, 0.2) is 0 Å². The summed E-state index contributed by atoms with van der Waals surface area (Å²) in [5.41, 5.74) is 7.18. The molecule has 0 radical (unpaired) electrons. The minimum atomic E-state index is 1.21. The average Bonchev–Trinajstić information content (AvgIpc) is 2.55. The van der Waals surface area contributed by atoms with Gasteiger partial charge in [0, 0.05) is 17.8 Å². The Bertz CT molecular complexity index is 817. The zero-order chi connectivity index (χ0) is 14.2. The molecule has 0 aliphatic heterocycles. The van der Waals surface area contributed by atoms with Crippen LogP contribution in [0.2, 0.25) is 0 Å². The SMILES string of the molecule is Cc1ccc(-c2cccc3c2CCCC3)c2ccncc12. The molecule has 104 valence electrons. The normalized spacial score (nSPS) is 14.1. The van der Waals surface area contributed by atoms with Crippen molar-refractivity contribution in [3.63, 3.8) is 0 Å². The van der Waals surface area contributed by atoms with Crippen LogP contribution in [0.3, 0.4) is 0 Å². The van der Waals surface area contributed by atoms with Crippen molar-refractivity contribution in [1.29, 1.82) is 0 Å². The molecule has 1 nitrogen and oxygen atoms in total. The van der Waals surface area contributed by atoms with Crippen molar-refractivity contribution in [2.75, 3.05) is 0 Å². The number of hydrogen-bond donors (Lipinski definition) is 0. The third-order valence-electron chi connectivity index (χ3n) is 4.72.